The first-order chi connectivity index (χ1) is 9.43. The molecule has 0 radical (unpaired) electrons. The van der Waals surface area contributed by atoms with Crippen molar-refractivity contribution in [3.8, 4) is 0 Å². The van der Waals surface area contributed by atoms with Gasteiger partial charge in [-0.3, -0.25) is 9.59 Å². The maximum absolute atomic E-state index is 11.6. The van der Waals surface area contributed by atoms with E-state index in [9.17, 15) is 14.4 Å². The lowest BCUT2D eigenvalue weighted by Gasteiger charge is -2.15. The Morgan fingerprint density at radius 3 is 2.55 bits per heavy atom. The number of benzene rings is 1. The number of carbonyl (C=O) groups is 3. The highest BCUT2D eigenvalue weighted by molar-refractivity contribution is 5.97. The molecule has 0 heterocycles. The molecule has 0 unspecified atom stereocenters. The van der Waals surface area contributed by atoms with Gasteiger partial charge in [0.2, 0.25) is 5.91 Å². The number of nitrogens with zero attached hydrogens (tertiary/aromatic N) is 1. The summed E-state index contributed by atoms with van der Waals surface area (Å²) in [5.74, 6) is -0.242. The van der Waals surface area contributed by atoms with Gasteiger partial charge in [0.1, 0.15) is 0 Å². The molecular formula is C14H19N3O3. The van der Waals surface area contributed by atoms with Gasteiger partial charge in [-0.1, -0.05) is 12.1 Å². The van der Waals surface area contributed by atoms with Crippen LogP contribution in [0.4, 0.5) is 10.5 Å². The van der Waals surface area contributed by atoms with Crippen molar-refractivity contribution in [1.29, 1.82) is 0 Å². The van der Waals surface area contributed by atoms with Crippen molar-refractivity contribution in [1.82, 2.24) is 10.2 Å². The number of rotatable bonds is 5. The highest BCUT2D eigenvalue weighted by atomic mass is 16.2. The van der Waals surface area contributed by atoms with Crippen molar-refractivity contribution in [2.75, 3.05) is 25.5 Å². The zero-order chi connectivity index (χ0) is 15.1. The van der Waals surface area contributed by atoms with Gasteiger partial charge < -0.3 is 15.5 Å². The summed E-state index contributed by atoms with van der Waals surface area (Å²) >= 11 is 0. The number of likely N-dealkylation sites (N-methyl/N-ethyl adjacent to an activating group) is 1. The van der Waals surface area contributed by atoms with Crippen molar-refractivity contribution in [2.24, 2.45) is 0 Å². The van der Waals surface area contributed by atoms with E-state index in [0.29, 0.717) is 17.8 Å². The molecule has 3 amide bonds. The maximum atomic E-state index is 11.6. The Bertz CT molecular complexity index is 514. The number of urea groups is 1. The Hall–Kier alpha value is -2.37. The minimum absolute atomic E-state index is 0.0669. The fourth-order valence-corrected chi connectivity index (χ4v) is 1.46. The van der Waals surface area contributed by atoms with E-state index in [1.165, 1.54) is 11.8 Å². The van der Waals surface area contributed by atoms with Crippen LogP contribution in [-0.2, 0) is 4.79 Å². The summed E-state index contributed by atoms with van der Waals surface area (Å²) < 4.78 is 0. The fraction of sp³-hybridized carbons (Fsp3) is 0.357. The van der Waals surface area contributed by atoms with E-state index in [1.807, 2.05) is 6.92 Å². The number of nitrogens with one attached hydrogen (secondary N) is 2. The lowest BCUT2D eigenvalue weighted by Crippen LogP contribution is -2.39. The molecule has 1 aromatic rings. The van der Waals surface area contributed by atoms with Crippen LogP contribution in [0.15, 0.2) is 24.3 Å². The average Bonchev–Trinajstić information content (AvgIpc) is 2.44. The summed E-state index contributed by atoms with van der Waals surface area (Å²) in [6, 6.07) is 6.13. The third-order valence-corrected chi connectivity index (χ3v) is 2.83. The second-order valence-corrected chi connectivity index (χ2v) is 4.35. The second kappa shape index (κ2) is 7.28. The van der Waals surface area contributed by atoms with Crippen LogP contribution >= 0.6 is 0 Å². The molecule has 0 saturated heterocycles. The number of ketones is 1. The predicted octanol–water partition coefficient (Wildman–Crippen LogP) is 1.49. The van der Waals surface area contributed by atoms with Crippen molar-refractivity contribution in [2.45, 2.75) is 13.8 Å². The molecule has 0 bridgehead atoms. The van der Waals surface area contributed by atoms with Crippen molar-refractivity contribution < 1.29 is 14.4 Å². The zero-order valence-electron chi connectivity index (χ0n) is 11.9. The molecule has 0 aromatic heterocycles. The van der Waals surface area contributed by atoms with Crippen molar-refractivity contribution in [3.05, 3.63) is 29.8 Å². The van der Waals surface area contributed by atoms with E-state index in [1.54, 1.807) is 31.3 Å². The van der Waals surface area contributed by atoms with Crippen LogP contribution in [0.2, 0.25) is 0 Å². The highest BCUT2D eigenvalue weighted by Crippen LogP contribution is 2.10. The first-order valence-electron chi connectivity index (χ1n) is 6.34. The number of hydrogen-bond acceptors (Lipinski definition) is 3. The Kier molecular flexibility index (Phi) is 5.71. The normalized spacial score (nSPS) is 9.75. The molecule has 0 aliphatic rings. The summed E-state index contributed by atoms with van der Waals surface area (Å²) in [7, 11) is 1.66. The van der Waals surface area contributed by atoms with Gasteiger partial charge in [-0.05, 0) is 26.0 Å². The summed E-state index contributed by atoms with van der Waals surface area (Å²) in [5.41, 5.74) is 1.02. The minimum atomic E-state index is -0.483. The third kappa shape index (κ3) is 4.72. The fourth-order valence-electron chi connectivity index (χ4n) is 1.46. The highest BCUT2D eigenvalue weighted by Gasteiger charge is 2.09. The molecule has 0 atom stereocenters. The Labute approximate surface area is 118 Å². The van der Waals surface area contributed by atoms with E-state index < -0.39 is 6.03 Å². The number of Topliss-reactive ketones (excluding diaryl/α,β-unsaturated/α-hetero) is 1. The molecule has 0 aliphatic carbocycles. The summed E-state index contributed by atoms with van der Waals surface area (Å²) in [6.45, 7) is 3.83. The lowest BCUT2D eigenvalue weighted by molar-refractivity contribution is -0.128. The van der Waals surface area contributed by atoms with Crippen LogP contribution < -0.4 is 10.6 Å². The maximum Gasteiger partial charge on any atom is 0.319 e. The largest absolute Gasteiger partial charge is 0.345 e. The second-order valence-electron chi connectivity index (χ2n) is 4.35. The SMILES string of the molecule is CCN(C)C(=O)CNC(=O)Nc1cccc(C(C)=O)c1. The van der Waals surface area contributed by atoms with Gasteiger partial charge in [0, 0.05) is 24.8 Å². The molecule has 1 rings (SSSR count). The number of amides is 3. The van der Waals surface area contributed by atoms with Crippen LogP contribution in [0.1, 0.15) is 24.2 Å². The first kappa shape index (κ1) is 15.7. The minimum Gasteiger partial charge on any atom is -0.345 e. The molecular weight excluding hydrogens is 258 g/mol. The van der Waals surface area contributed by atoms with Crippen LogP contribution in [-0.4, -0.2) is 42.8 Å². The smallest absolute Gasteiger partial charge is 0.319 e. The van der Waals surface area contributed by atoms with Crippen molar-refractivity contribution in [3.63, 3.8) is 0 Å². The quantitative estimate of drug-likeness (QED) is 0.800. The van der Waals surface area contributed by atoms with Crippen LogP contribution in [0.25, 0.3) is 0 Å². The number of carbonyl (C=O) groups excluding carboxylic acids is 3. The Balaban J connectivity index is 2.52. The van der Waals surface area contributed by atoms with E-state index in [4.69, 9.17) is 0 Å². The standard InChI is InChI=1S/C14H19N3O3/c1-4-17(3)13(19)9-15-14(20)16-12-7-5-6-11(8-12)10(2)18/h5-8H,4,9H2,1-3H3,(H2,15,16,20). The van der Waals surface area contributed by atoms with E-state index in [0.717, 1.165) is 0 Å². The summed E-state index contributed by atoms with van der Waals surface area (Å²) in [6.07, 6.45) is 0. The Morgan fingerprint density at radius 2 is 1.95 bits per heavy atom. The van der Waals surface area contributed by atoms with Gasteiger partial charge >= 0.3 is 6.03 Å². The monoisotopic (exact) mass is 277 g/mol. The van der Waals surface area contributed by atoms with Crippen LogP contribution in [0.5, 0.6) is 0 Å². The molecule has 0 aliphatic heterocycles. The van der Waals surface area contributed by atoms with Gasteiger partial charge in [-0.25, -0.2) is 4.79 Å². The van der Waals surface area contributed by atoms with Crippen LogP contribution in [0, 0.1) is 0 Å². The summed E-state index contributed by atoms with van der Waals surface area (Å²) in [5, 5.41) is 5.05. The van der Waals surface area contributed by atoms with E-state index in [-0.39, 0.29) is 18.2 Å². The van der Waals surface area contributed by atoms with Gasteiger partial charge in [0.25, 0.3) is 0 Å². The van der Waals surface area contributed by atoms with Gasteiger partial charge in [0.15, 0.2) is 5.78 Å². The molecule has 20 heavy (non-hydrogen) atoms. The van der Waals surface area contributed by atoms with E-state index >= 15 is 0 Å². The summed E-state index contributed by atoms with van der Waals surface area (Å²) in [4.78, 5) is 35.9. The number of hydrogen-bond donors (Lipinski definition) is 2. The topological polar surface area (TPSA) is 78.5 Å². The van der Waals surface area contributed by atoms with Crippen LogP contribution in [0.3, 0.4) is 0 Å². The van der Waals surface area contributed by atoms with E-state index in [2.05, 4.69) is 10.6 Å². The molecule has 0 spiro atoms. The molecule has 0 saturated carbocycles. The van der Waals surface area contributed by atoms with Gasteiger partial charge in [-0.15, -0.1) is 0 Å². The molecule has 0 fully saturated rings. The Morgan fingerprint density at radius 1 is 1.25 bits per heavy atom. The molecule has 108 valence electrons. The molecule has 6 nitrogen and oxygen atoms in total. The van der Waals surface area contributed by atoms with Crippen molar-refractivity contribution >= 4 is 23.4 Å². The number of anilines is 1. The first-order valence-corrected chi connectivity index (χ1v) is 6.34. The molecule has 6 heteroatoms. The zero-order valence-corrected chi connectivity index (χ0v) is 11.9. The predicted molar refractivity (Wildman–Crippen MR) is 76.8 cm³/mol. The molecule has 2 N–H and O–H groups in total. The van der Waals surface area contributed by atoms with Gasteiger partial charge in [0.05, 0.1) is 6.54 Å². The average molecular weight is 277 g/mol. The molecule has 1 aromatic carbocycles. The van der Waals surface area contributed by atoms with Gasteiger partial charge in [-0.2, -0.15) is 0 Å². The lowest BCUT2D eigenvalue weighted by atomic mass is 10.1. The third-order valence-electron chi connectivity index (χ3n) is 2.83.